The number of hydrogen-bond acceptors (Lipinski definition) is 5. The molecule has 0 unspecified atom stereocenters. The van der Waals surface area contributed by atoms with Crippen LogP contribution in [0, 0.1) is 0 Å². The van der Waals surface area contributed by atoms with E-state index in [-0.39, 0.29) is 11.8 Å². The molecule has 5 rings (SSSR count). The lowest BCUT2D eigenvalue weighted by Crippen LogP contribution is -2.45. The molecule has 0 spiro atoms. The SMILES string of the molecule is COc1ccc(C(=O)[C@H]2Oc3ccc(Br)cc3[C@H]3CC(c4ccccc4)=NN23)cc1. The van der Waals surface area contributed by atoms with Crippen LogP contribution in [0.3, 0.4) is 0 Å². The Bertz CT molecular complexity index is 1130. The Balaban J connectivity index is 1.55. The number of nitrogens with zero attached hydrogens (tertiary/aromatic N) is 2. The van der Waals surface area contributed by atoms with Gasteiger partial charge in [-0.1, -0.05) is 46.3 Å². The average molecular weight is 463 g/mol. The maximum absolute atomic E-state index is 13.4. The molecule has 3 aromatic carbocycles. The van der Waals surface area contributed by atoms with E-state index in [9.17, 15) is 4.79 Å². The van der Waals surface area contributed by atoms with Crippen molar-refractivity contribution >= 4 is 27.4 Å². The van der Waals surface area contributed by atoms with Gasteiger partial charge in [-0.3, -0.25) is 4.79 Å². The number of carbonyl (C=O) groups is 1. The summed E-state index contributed by atoms with van der Waals surface area (Å²) in [4.78, 5) is 13.4. The second kappa shape index (κ2) is 7.61. The zero-order valence-corrected chi connectivity index (χ0v) is 17.9. The van der Waals surface area contributed by atoms with Gasteiger partial charge in [0.25, 0.3) is 6.23 Å². The number of ether oxygens (including phenoxy) is 2. The molecule has 2 aliphatic rings. The lowest BCUT2D eigenvalue weighted by atomic mass is 9.96. The van der Waals surface area contributed by atoms with Crippen molar-refractivity contribution in [3.05, 3.63) is 94.0 Å². The van der Waals surface area contributed by atoms with E-state index in [0.717, 1.165) is 27.1 Å². The van der Waals surface area contributed by atoms with Crippen molar-refractivity contribution in [3.8, 4) is 11.5 Å². The van der Waals surface area contributed by atoms with Gasteiger partial charge in [-0.2, -0.15) is 5.10 Å². The van der Waals surface area contributed by atoms with E-state index in [1.807, 2.05) is 53.5 Å². The molecule has 30 heavy (non-hydrogen) atoms. The van der Waals surface area contributed by atoms with Crippen LogP contribution in [-0.2, 0) is 0 Å². The van der Waals surface area contributed by atoms with Gasteiger partial charge >= 0.3 is 0 Å². The lowest BCUT2D eigenvalue weighted by Gasteiger charge is -2.37. The highest BCUT2D eigenvalue weighted by molar-refractivity contribution is 9.10. The van der Waals surface area contributed by atoms with Crippen LogP contribution in [0.2, 0.25) is 0 Å². The van der Waals surface area contributed by atoms with Crippen molar-refractivity contribution < 1.29 is 14.3 Å². The molecule has 0 radical (unpaired) electrons. The molecular weight excluding hydrogens is 444 g/mol. The Hall–Kier alpha value is -3.12. The molecule has 0 aromatic heterocycles. The number of hydrogen-bond donors (Lipinski definition) is 0. The molecule has 0 bridgehead atoms. The van der Waals surface area contributed by atoms with Crippen molar-refractivity contribution in [2.75, 3.05) is 7.11 Å². The van der Waals surface area contributed by atoms with Crippen molar-refractivity contribution in [3.63, 3.8) is 0 Å². The minimum absolute atomic E-state index is 0.0614. The number of methoxy groups -OCH3 is 1. The molecule has 3 aromatic rings. The largest absolute Gasteiger partial charge is 0.497 e. The summed E-state index contributed by atoms with van der Waals surface area (Å²) in [6.45, 7) is 0. The van der Waals surface area contributed by atoms with Crippen molar-refractivity contribution in [2.45, 2.75) is 18.7 Å². The summed E-state index contributed by atoms with van der Waals surface area (Å²) in [5.74, 6) is 1.29. The fourth-order valence-corrected chi connectivity index (χ4v) is 4.31. The van der Waals surface area contributed by atoms with Crippen LogP contribution in [0.5, 0.6) is 11.5 Å². The second-order valence-corrected chi connectivity index (χ2v) is 8.17. The molecule has 0 N–H and O–H groups in total. The first-order valence-electron chi connectivity index (χ1n) is 9.69. The number of ketones is 1. The molecule has 2 atom stereocenters. The molecule has 0 aliphatic carbocycles. The van der Waals surface area contributed by atoms with Crippen molar-refractivity contribution in [1.29, 1.82) is 0 Å². The Labute approximate surface area is 183 Å². The van der Waals surface area contributed by atoms with Gasteiger partial charge < -0.3 is 9.47 Å². The molecule has 6 heteroatoms. The summed E-state index contributed by atoms with van der Waals surface area (Å²) in [6, 6.07) is 23.0. The van der Waals surface area contributed by atoms with Crippen LogP contribution < -0.4 is 9.47 Å². The van der Waals surface area contributed by atoms with Gasteiger partial charge in [0, 0.05) is 22.0 Å². The molecule has 0 saturated heterocycles. The predicted octanol–water partition coefficient (Wildman–Crippen LogP) is 5.21. The lowest BCUT2D eigenvalue weighted by molar-refractivity contribution is -0.00459. The van der Waals surface area contributed by atoms with Crippen LogP contribution in [0.4, 0.5) is 0 Å². The van der Waals surface area contributed by atoms with Crippen LogP contribution >= 0.6 is 15.9 Å². The summed E-state index contributed by atoms with van der Waals surface area (Å²) >= 11 is 3.55. The zero-order chi connectivity index (χ0) is 20.7. The first-order valence-corrected chi connectivity index (χ1v) is 10.5. The minimum Gasteiger partial charge on any atom is -0.497 e. The topological polar surface area (TPSA) is 51.1 Å². The number of hydrazone groups is 1. The molecule has 0 amide bonds. The van der Waals surface area contributed by atoms with Gasteiger partial charge in [-0.05, 0) is 48.0 Å². The number of carbonyl (C=O) groups excluding carboxylic acids is 1. The highest BCUT2D eigenvalue weighted by Gasteiger charge is 2.43. The van der Waals surface area contributed by atoms with E-state index >= 15 is 0 Å². The fraction of sp³-hybridized carbons (Fsp3) is 0.167. The van der Waals surface area contributed by atoms with E-state index < -0.39 is 6.23 Å². The van der Waals surface area contributed by atoms with E-state index in [1.165, 1.54) is 0 Å². The molecule has 150 valence electrons. The van der Waals surface area contributed by atoms with Gasteiger partial charge in [-0.25, -0.2) is 5.01 Å². The fourth-order valence-electron chi connectivity index (χ4n) is 3.93. The summed E-state index contributed by atoms with van der Waals surface area (Å²) in [5.41, 5.74) is 3.59. The summed E-state index contributed by atoms with van der Waals surface area (Å²) in [6.07, 6.45) is -0.110. The van der Waals surface area contributed by atoms with Gasteiger partial charge in [-0.15, -0.1) is 0 Å². The number of rotatable bonds is 4. The Morgan fingerprint density at radius 2 is 1.87 bits per heavy atom. The van der Waals surface area contributed by atoms with E-state index in [1.54, 1.807) is 31.4 Å². The Morgan fingerprint density at radius 3 is 2.60 bits per heavy atom. The predicted molar refractivity (Wildman–Crippen MR) is 118 cm³/mol. The van der Waals surface area contributed by atoms with Crippen LogP contribution in [-0.4, -0.2) is 29.8 Å². The van der Waals surface area contributed by atoms with Gasteiger partial charge in [0.2, 0.25) is 5.78 Å². The molecular formula is C24H19BrN2O3. The summed E-state index contributed by atoms with van der Waals surface area (Å²) in [7, 11) is 1.60. The molecule has 0 saturated carbocycles. The maximum atomic E-state index is 13.4. The zero-order valence-electron chi connectivity index (χ0n) is 16.3. The monoisotopic (exact) mass is 462 g/mol. The van der Waals surface area contributed by atoms with E-state index in [2.05, 4.69) is 15.9 Å². The molecule has 5 nitrogen and oxygen atoms in total. The third-order valence-electron chi connectivity index (χ3n) is 5.46. The summed E-state index contributed by atoms with van der Waals surface area (Å²) in [5, 5.41) is 6.64. The Kier molecular flexibility index (Phi) is 4.79. The first-order chi connectivity index (χ1) is 14.6. The number of fused-ring (bicyclic) bond motifs is 3. The number of benzene rings is 3. The van der Waals surface area contributed by atoms with Crippen LogP contribution in [0.1, 0.15) is 33.9 Å². The Morgan fingerprint density at radius 1 is 1.10 bits per heavy atom. The molecule has 0 fully saturated rings. The van der Waals surface area contributed by atoms with Gasteiger partial charge in [0.05, 0.1) is 18.9 Å². The maximum Gasteiger partial charge on any atom is 0.251 e. The number of Topliss-reactive ketones (excluding diaryl/α,β-unsaturated/α-hetero) is 1. The third kappa shape index (κ3) is 3.27. The first kappa shape index (κ1) is 18.9. The molecule has 2 aliphatic heterocycles. The van der Waals surface area contributed by atoms with Gasteiger partial charge in [0.15, 0.2) is 0 Å². The molecule has 2 heterocycles. The standard InChI is InChI=1S/C24H19BrN2O3/c1-29-18-10-7-16(8-11-18)23(28)24-27-21(19-13-17(25)9-12-22(19)30-24)14-20(26-27)15-5-3-2-4-6-15/h2-13,21,24H,14H2,1H3/t21-,24-/m1/s1. The average Bonchev–Trinajstić information content (AvgIpc) is 3.25. The van der Waals surface area contributed by atoms with Crippen molar-refractivity contribution in [2.24, 2.45) is 5.10 Å². The minimum atomic E-state index is -0.821. The second-order valence-electron chi connectivity index (χ2n) is 7.26. The number of halogens is 1. The quantitative estimate of drug-likeness (QED) is 0.499. The summed E-state index contributed by atoms with van der Waals surface area (Å²) < 4.78 is 12.4. The van der Waals surface area contributed by atoms with Crippen molar-refractivity contribution in [1.82, 2.24) is 5.01 Å². The third-order valence-corrected chi connectivity index (χ3v) is 5.95. The smallest absolute Gasteiger partial charge is 0.251 e. The van der Waals surface area contributed by atoms with Crippen LogP contribution in [0.25, 0.3) is 0 Å². The van der Waals surface area contributed by atoms with Crippen LogP contribution in [0.15, 0.2) is 82.4 Å². The van der Waals surface area contributed by atoms with E-state index in [0.29, 0.717) is 17.7 Å². The van der Waals surface area contributed by atoms with Gasteiger partial charge in [0.1, 0.15) is 11.5 Å². The highest BCUT2D eigenvalue weighted by Crippen LogP contribution is 2.44. The normalized spacial score (nSPS) is 19.4. The van der Waals surface area contributed by atoms with E-state index in [4.69, 9.17) is 14.6 Å². The highest BCUT2D eigenvalue weighted by atomic mass is 79.9.